The SMILES string of the molecule is COc1cc([C@H]2C3=CC[C@@H]4C(=O)N(CCCCCC(=O)O)C(=O)[C@@H]4[C@@H]3C[C@@]3(Cl)C(=O)N(CBr)C(=O)[C@@]23Cl)cc(Br)c1O. The van der Waals surface area contributed by atoms with Crippen molar-refractivity contribution in [2.75, 3.05) is 19.1 Å². The summed E-state index contributed by atoms with van der Waals surface area (Å²) in [5.74, 6) is -6.16. The van der Waals surface area contributed by atoms with E-state index in [0.29, 0.717) is 30.4 Å². The highest BCUT2D eigenvalue weighted by Gasteiger charge is 2.76. The number of nitrogens with zero attached hydrogens (tertiary/aromatic N) is 2. The number of hydrogen-bond acceptors (Lipinski definition) is 7. The van der Waals surface area contributed by atoms with Gasteiger partial charge in [0.05, 0.1) is 28.9 Å². The Kier molecular flexibility index (Phi) is 8.50. The molecule has 0 aromatic heterocycles. The Morgan fingerprint density at radius 3 is 2.43 bits per heavy atom. The van der Waals surface area contributed by atoms with Gasteiger partial charge in [-0.15, -0.1) is 23.2 Å². The van der Waals surface area contributed by atoms with Crippen LogP contribution in [-0.4, -0.2) is 78.5 Å². The number of ether oxygens (including phenoxy) is 1. The molecule has 0 spiro atoms. The van der Waals surface area contributed by atoms with Crippen LogP contribution in [0.2, 0.25) is 0 Å². The van der Waals surface area contributed by atoms with Crippen LogP contribution in [0.4, 0.5) is 0 Å². The summed E-state index contributed by atoms with van der Waals surface area (Å²) in [7, 11) is 1.37. The average molecular weight is 751 g/mol. The first-order chi connectivity index (χ1) is 19.8. The summed E-state index contributed by atoms with van der Waals surface area (Å²) in [4.78, 5) is 64.0. The zero-order chi connectivity index (χ0) is 30.7. The van der Waals surface area contributed by atoms with E-state index >= 15 is 0 Å². The predicted molar refractivity (Wildman–Crippen MR) is 159 cm³/mol. The Labute approximate surface area is 268 Å². The molecule has 4 aliphatic rings. The predicted octanol–water partition coefficient (Wildman–Crippen LogP) is 4.52. The number of carbonyl (C=O) groups is 5. The van der Waals surface area contributed by atoms with Crippen molar-refractivity contribution in [2.45, 2.75) is 54.2 Å². The van der Waals surface area contributed by atoms with E-state index in [4.69, 9.17) is 33.0 Å². The third kappa shape index (κ3) is 4.50. The van der Waals surface area contributed by atoms with Gasteiger partial charge < -0.3 is 14.9 Å². The first-order valence-corrected chi connectivity index (χ1v) is 16.1. The lowest BCUT2D eigenvalue weighted by Crippen LogP contribution is -2.60. The molecular weight excluding hydrogens is 723 g/mol. The number of fused-ring (bicyclic) bond motifs is 4. The van der Waals surface area contributed by atoms with E-state index in [1.54, 1.807) is 6.07 Å². The van der Waals surface area contributed by atoms with Crippen molar-refractivity contribution in [1.82, 2.24) is 9.80 Å². The molecule has 42 heavy (non-hydrogen) atoms. The number of aromatic hydroxyl groups is 1. The number of aliphatic carboxylic acids is 1. The van der Waals surface area contributed by atoms with E-state index in [-0.39, 0.29) is 59.0 Å². The maximum absolute atomic E-state index is 13.9. The average Bonchev–Trinajstić information content (AvgIpc) is 3.27. The highest BCUT2D eigenvalue weighted by Crippen LogP contribution is 2.66. The maximum atomic E-state index is 13.9. The minimum Gasteiger partial charge on any atom is -0.503 e. The second-order valence-electron chi connectivity index (χ2n) is 11.1. The Balaban J connectivity index is 1.57. The molecule has 14 heteroatoms. The number of amides is 4. The standard InChI is InChI=1S/C28H28Br2Cl2N2O8/c1-42-18-10-13(9-17(30)22(18)37)21-14-6-7-15-20(24(39)33(23(15)38)8-4-2-3-5-19(35)36)16(14)11-27(31)25(40)34(12-29)26(41)28(21,27)32/h6,9-10,15-16,20-21,37H,2-5,7-8,11-12H2,1H3,(H,35,36)/t15-,16+,20-,21-,27+,28-/m0/s1. The molecule has 1 saturated carbocycles. The molecule has 5 rings (SSSR count). The molecule has 2 N–H and O–H groups in total. The number of methoxy groups -OCH3 is 1. The third-order valence-corrected chi connectivity index (χ3v) is 11.5. The molecule has 4 amide bonds. The largest absolute Gasteiger partial charge is 0.503 e. The molecule has 2 aliphatic heterocycles. The summed E-state index contributed by atoms with van der Waals surface area (Å²) < 4.78 is 5.62. The highest BCUT2D eigenvalue weighted by molar-refractivity contribution is 9.10. The molecule has 1 aromatic rings. The van der Waals surface area contributed by atoms with Crippen molar-refractivity contribution in [2.24, 2.45) is 17.8 Å². The zero-order valence-electron chi connectivity index (χ0n) is 22.4. The second-order valence-corrected chi connectivity index (χ2v) is 13.7. The Bertz CT molecular complexity index is 1420. The summed E-state index contributed by atoms with van der Waals surface area (Å²) in [6.45, 7) is 0.165. The van der Waals surface area contributed by atoms with Gasteiger partial charge in [0.25, 0.3) is 11.8 Å². The number of halogens is 4. The fourth-order valence-corrected chi connectivity index (χ4v) is 8.94. The molecule has 2 aliphatic carbocycles. The molecular formula is C28H28Br2Cl2N2O8. The van der Waals surface area contributed by atoms with Crippen LogP contribution in [0.5, 0.6) is 11.5 Å². The van der Waals surface area contributed by atoms with E-state index in [1.807, 2.05) is 6.08 Å². The molecule has 0 bridgehead atoms. The van der Waals surface area contributed by atoms with Gasteiger partial charge in [-0.05, 0) is 65.2 Å². The minimum atomic E-state index is -1.97. The van der Waals surface area contributed by atoms with Gasteiger partial charge >= 0.3 is 5.97 Å². The lowest BCUT2D eigenvalue weighted by Gasteiger charge is -2.50. The van der Waals surface area contributed by atoms with Gasteiger partial charge in [-0.2, -0.15) is 0 Å². The van der Waals surface area contributed by atoms with Crippen molar-refractivity contribution in [3.63, 3.8) is 0 Å². The third-order valence-electron chi connectivity index (χ3n) is 8.98. The van der Waals surface area contributed by atoms with E-state index in [9.17, 15) is 29.1 Å². The monoisotopic (exact) mass is 748 g/mol. The number of carboxylic acids is 1. The van der Waals surface area contributed by atoms with Crippen LogP contribution in [0.25, 0.3) is 0 Å². The van der Waals surface area contributed by atoms with Crippen LogP contribution in [-0.2, 0) is 24.0 Å². The quantitative estimate of drug-likeness (QED) is 0.124. The lowest BCUT2D eigenvalue weighted by molar-refractivity contribution is -0.141. The van der Waals surface area contributed by atoms with Gasteiger partial charge in [-0.1, -0.05) is 34.0 Å². The molecule has 0 radical (unpaired) electrons. The van der Waals surface area contributed by atoms with Crippen LogP contribution < -0.4 is 4.74 Å². The molecule has 2 saturated heterocycles. The summed E-state index contributed by atoms with van der Waals surface area (Å²) in [6.07, 6.45) is 3.40. The number of phenols is 1. The molecule has 2 heterocycles. The van der Waals surface area contributed by atoms with Gasteiger partial charge in [0, 0.05) is 18.9 Å². The van der Waals surface area contributed by atoms with Gasteiger partial charge in [-0.25, -0.2) is 0 Å². The van der Waals surface area contributed by atoms with Crippen LogP contribution in [0.3, 0.4) is 0 Å². The molecule has 226 valence electrons. The van der Waals surface area contributed by atoms with E-state index in [0.717, 1.165) is 4.90 Å². The fourth-order valence-electron chi connectivity index (χ4n) is 7.05. The van der Waals surface area contributed by atoms with Crippen LogP contribution in [0.1, 0.15) is 50.0 Å². The molecule has 10 nitrogen and oxygen atoms in total. The number of unbranched alkanes of at least 4 members (excludes halogenated alkanes) is 2. The van der Waals surface area contributed by atoms with Crippen molar-refractivity contribution in [3.8, 4) is 11.5 Å². The van der Waals surface area contributed by atoms with Crippen molar-refractivity contribution < 1.29 is 38.9 Å². The second kappa shape index (κ2) is 11.4. The number of phenolic OH excluding ortho intramolecular Hbond substituents is 1. The molecule has 0 unspecified atom stereocenters. The van der Waals surface area contributed by atoms with E-state index in [1.165, 1.54) is 18.1 Å². The number of carbonyl (C=O) groups excluding carboxylic acids is 4. The highest BCUT2D eigenvalue weighted by atomic mass is 79.9. The number of carboxylic acid groups (broad SMARTS) is 1. The number of likely N-dealkylation sites (tertiary alicyclic amines) is 2. The van der Waals surface area contributed by atoms with Gasteiger partial charge in [-0.3, -0.25) is 33.8 Å². The van der Waals surface area contributed by atoms with Crippen molar-refractivity contribution >= 4 is 84.7 Å². The Morgan fingerprint density at radius 1 is 1.07 bits per heavy atom. The summed E-state index contributed by atoms with van der Waals surface area (Å²) in [6, 6.07) is 3.11. The number of hydrogen-bond donors (Lipinski definition) is 2. The van der Waals surface area contributed by atoms with Crippen molar-refractivity contribution in [1.29, 1.82) is 0 Å². The van der Waals surface area contributed by atoms with E-state index < -0.39 is 51.2 Å². The first kappa shape index (κ1) is 31.3. The number of rotatable bonds is 9. The van der Waals surface area contributed by atoms with E-state index in [2.05, 4.69) is 31.9 Å². The smallest absolute Gasteiger partial charge is 0.303 e. The number of allylic oxidation sites excluding steroid dienone is 2. The van der Waals surface area contributed by atoms with Gasteiger partial charge in [0.15, 0.2) is 21.2 Å². The summed E-state index contributed by atoms with van der Waals surface area (Å²) in [5, 5.41) is 19.4. The summed E-state index contributed by atoms with van der Waals surface area (Å²) >= 11 is 21.0. The van der Waals surface area contributed by atoms with Crippen molar-refractivity contribution in [3.05, 3.63) is 33.8 Å². The molecule has 6 atom stereocenters. The Morgan fingerprint density at radius 2 is 1.79 bits per heavy atom. The van der Waals surface area contributed by atoms with Crippen LogP contribution >= 0.6 is 55.1 Å². The van der Waals surface area contributed by atoms with Gasteiger partial charge in [0.2, 0.25) is 11.8 Å². The lowest BCUT2D eigenvalue weighted by atomic mass is 9.56. The molecule has 3 fully saturated rings. The number of benzene rings is 1. The number of alkyl halides is 3. The van der Waals surface area contributed by atoms with Crippen LogP contribution in [0.15, 0.2) is 28.3 Å². The Hall–Kier alpha value is -2.15. The van der Waals surface area contributed by atoms with Crippen LogP contribution in [0, 0.1) is 17.8 Å². The topological polar surface area (TPSA) is 142 Å². The zero-order valence-corrected chi connectivity index (χ0v) is 27.1. The normalized spacial score (nSPS) is 32.1. The fraction of sp³-hybridized carbons (Fsp3) is 0.536. The first-order valence-electron chi connectivity index (χ1n) is 13.5. The number of imide groups is 2. The maximum Gasteiger partial charge on any atom is 0.303 e. The summed E-state index contributed by atoms with van der Waals surface area (Å²) in [5.41, 5.74) is 0.936. The minimum absolute atomic E-state index is 0.0121. The molecule has 1 aromatic carbocycles. The van der Waals surface area contributed by atoms with Gasteiger partial charge in [0.1, 0.15) is 0 Å².